The Balaban J connectivity index is 1.20. The summed E-state index contributed by atoms with van der Waals surface area (Å²) < 4.78 is 3.55. The zero-order chi connectivity index (χ0) is 21.2. The van der Waals surface area contributed by atoms with E-state index in [0.29, 0.717) is 18.2 Å². The second-order valence-electron chi connectivity index (χ2n) is 8.09. The minimum atomic E-state index is -0.0207. The number of hydrogen-bond acceptors (Lipinski definition) is 7. The van der Waals surface area contributed by atoms with Gasteiger partial charge in [0.15, 0.2) is 11.5 Å². The summed E-state index contributed by atoms with van der Waals surface area (Å²) in [6.45, 7) is 5.31. The standard InChI is InChI=1S/C22H24N8O/c1-16-4-5-20-25-26-21(30(20)27-16)14-28-9-6-17(7-10-28)13-29-15-24-19(11-22(29)31)18-3-2-8-23-12-18/h2-5,8,11-12,15,17H,6-7,9-10,13-14H2,1H3. The van der Waals surface area contributed by atoms with Crippen molar-refractivity contribution < 1.29 is 0 Å². The van der Waals surface area contributed by atoms with Crippen LogP contribution in [0.25, 0.3) is 16.9 Å². The third kappa shape index (κ3) is 4.22. The summed E-state index contributed by atoms with van der Waals surface area (Å²) in [5.74, 6) is 1.32. The first kappa shape index (κ1) is 19.5. The molecule has 1 aliphatic rings. The molecule has 9 heteroatoms. The molecule has 158 valence electrons. The predicted octanol–water partition coefficient (Wildman–Crippen LogP) is 1.96. The Morgan fingerprint density at radius 1 is 1.13 bits per heavy atom. The lowest BCUT2D eigenvalue weighted by atomic mass is 9.96. The Bertz CT molecular complexity index is 1240. The maximum Gasteiger partial charge on any atom is 0.253 e. The van der Waals surface area contributed by atoms with Gasteiger partial charge in [0.05, 0.1) is 24.3 Å². The molecular formula is C22H24N8O. The zero-order valence-corrected chi connectivity index (χ0v) is 17.4. The topological polar surface area (TPSA) is 94.1 Å². The summed E-state index contributed by atoms with van der Waals surface area (Å²) in [6, 6.07) is 9.23. The SMILES string of the molecule is Cc1ccc2nnc(CN3CCC(Cn4cnc(-c5cccnc5)cc4=O)CC3)n2n1. The Labute approximate surface area is 179 Å². The number of fused-ring (bicyclic) bond motifs is 1. The van der Waals surface area contributed by atoms with Crippen molar-refractivity contribution in [2.75, 3.05) is 13.1 Å². The van der Waals surface area contributed by atoms with Gasteiger partial charge in [0, 0.05) is 30.6 Å². The van der Waals surface area contributed by atoms with E-state index in [1.165, 1.54) is 0 Å². The summed E-state index contributed by atoms with van der Waals surface area (Å²) in [5, 5.41) is 13.0. The molecule has 0 aromatic carbocycles. The van der Waals surface area contributed by atoms with E-state index >= 15 is 0 Å². The number of rotatable bonds is 5. The Kier molecular flexibility index (Phi) is 5.25. The highest BCUT2D eigenvalue weighted by atomic mass is 16.1. The van der Waals surface area contributed by atoms with Crippen molar-refractivity contribution in [2.45, 2.75) is 32.9 Å². The Morgan fingerprint density at radius 3 is 2.77 bits per heavy atom. The van der Waals surface area contributed by atoms with Crippen LogP contribution in [0.2, 0.25) is 0 Å². The van der Waals surface area contributed by atoms with Crippen molar-refractivity contribution in [3.05, 3.63) is 70.9 Å². The van der Waals surface area contributed by atoms with Crippen LogP contribution in [0, 0.1) is 12.8 Å². The summed E-state index contributed by atoms with van der Waals surface area (Å²) in [7, 11) is 0. The average molecular weight is 416 g/mol. The molecule has 0 aliphatic carbocycles. The average Bonchev–Trinajstić information content (AvgIpc) is 3.19. The second kappa shape index (κ2) is 8.35. The van der Waals surface area contributed by atoms with Crippen molar-refractivity contribution >= 4 is 5.65 Å². The molecular weight excluding hydrogens is 392 g/mol. The molecule has 0 atom stereocenters. The molecule has 31 heavy (non-hydrogen) atoms. The molecule has 5 rings (SSSR count). The van der Waals surface area contributed by atoms with Gasteiger partial charge in [-0.25, -0.2) is 4.98 Å². The predicted molar refractivity (Wildman–Crippen MR) is 115 cm³/mol. The number of piperidine rings is 1. The van der Waals surface area contributed by atoms with Gasteiger partial charge in [0.1, 0.15) is 0 Å². The van der Waals surface area contributed by atoms with Gasteiger partial charge in [-0.3, -0.25) is 19.2 Å². The Hall–Kier alpha value is -3.46. The van der Waals surface area contributed by atoms with Crippen LogP contribution < -0.4 is 5.56 Å². The van der Waals surface area contributed by atoms with Crippen LogP contribution in [0.3, 0.4) is 0 Å². The van der Waals surface area contributed by atoms with Crippen LogP contribution in [0.5, 0.6) is 0 Å². The van der Waals surface area contributed by atoms with Crippen LogP contribution in [0.4, 0.5) is 0 Å². The van der Waals surface area contributed by atoms with Gasteiger partial charge in [0.25, 0.3) is 5.56 Å². The fraction of sp³-hybridized carbons (Fsp3) is 0.364. The minimum Gasteiger partial charge on any atom is -0.299 e. The second-order valence-corrected chi connectivity index (χ2v) is 8.09. The van der Waals surface area contributed by atoms with Gasteiger partial charge in [-0.2, -0.15) is 9.61 Å². The fourth-order valence-corrected chi connectivity index (χ4v) is 4.06. The molecule has 4 aromatic heterocycles. The van der Waals surface area contributed by atoms with Gasteiger partial charge >= 0.3 is 0 Å². The fourth-order valence-electron chi connectivity index (χ4n) is 4.06. The van der Waals surface area contributed by atoms with Crippen molar-refractivity contribution in [2.24, 2.45) is 5.92 Å². The molecule has 1 saturated heterocycles. The van der Waals surface area contributed by atoms with Crippen LogP contribution in [-0.4, -0.2) is 52.3 Å². The lowest BCUT2D eigenvalue weighted by Gasteiger charge is -2.31. The van der Waals surface area contributed by atoms with Gasteiger partial charge in [0.2, 0.25) is 0 Å². The van der Waals surface area contributed by atoms with Crippen molar-refractivity contribution in [1.82, 2.24) is 39.2 Å². The number of likely N-dealkylation sites (tertiary alicyclic amines) is 1. The van der Waals surface area contributed by atoms with Crippen molar-refractivity contribution in [3.63, 3.8) is 0 Å². The van der Waals surface area contributed by atoms with E-state index in [0.717, 1.165) is 55.2 Å². The van der Waals surface area contributed by atoms with Crippen LogP contribution >= 0.6 is 0 Å². The van der Waals surface area contributed by atoms with Gasteiger partial charge in [-0.1, -0.05) is 0 Å². The first-order chi connectivity index (χ1) is 15.2. The number of aromatic nitrogens is 7. The first-order valence-electron chi connectivity index (χ1n) is 10.5. The molecule has 0 unspecified atom stereocenters. The van der Waals surface area contributed by atoms with Crippen LogP contribution in [0.1, 0.15) is 24.4 Å². The molecule has 0 bridgehead atoms. The third-order valence-corrected chi connectivity index (χ3v) is 5.82. The van der Waals surface area contributed by atoms with E-state index in [1.807, 2.05) is 35.7 Å². The van der Waals surface area contributed by atoms with Gasteiger partial charge in [-0.15, -0.1) is 10.2 Å². The summed E-state index contributed by atoms with van der Waals surface area (Å²) in [4.78, 5) is 23.5. The molecule has 9 nitrogen and oxygen atoms in total. The van der Waals surface area contributed by atoms with Gasteiger partial charge in [-0.05, 0) is 63.0 Å². The molecule has 0 saturated carbocycles. The minimum absolute atomic E-state index is 0.0207. The summed E-state index contributed by atoms with van der Waals surface area (Å²) >= 11 is 0. The highest BCUT2D eigenvalue weighted by Crippen LogP contribution is 2.20. The maximum absolute atomic E-state index is 12.6. The highest BCUT2D eigenvalue weighted by molar-refractivity contribution is 5.56. The smallest absolute Gasteiger partial charge is 0.253 e. The van der Waals surface area contributed by atoms with E-state index in [4.69, 9.17) is 0 Å². The number of pyridine rings is 1. The van der Waals surface area contributed by atoms with E-state index in [2.05, 4.69) is 30.2 Å². The lowest BCUT2D eigenvalue weighted by Crippen LogP contribution is -2.36. The number of hydrogen-bond donors (Lipinski definition) is 0. The summed E-state index contributed by atoms with van der Waals surface area (Å²) in [6.07, 6.45) is 7.14. The number of nitrogens with zero attached hydrogens (tertiary/aromatic N) is 8. The van der Waals surface area contributed by atoms with Crippen LogP contribution in [-0.2, 0) is 13.1 Å². The van der Waals surface area contributed by atoms with Crippen LogP contribution in [0.15, 0.2) is 53.8 Å². The first-order valence-corrected chi connectivity index (χ1v) is 10.5. The normalized spacial score (nSPS) is 15.5. The molecule has 1 aliphatic heterocycles. The highest BCUT2D eigenvalue weighted by Gasteiger charge is 2.22. The van der Waals surface area contributed by atoms with Crippen molar-refractivity contribution in [3.8, 4) is 11.3 Å². The molecule has 0 radical (unpaired) electrons. The van der Waals surface area contributed by atoms with E-state index in [-0.39, 0.29) is 5.56 Å². The molecule has 0 amide bonds. The molecule has 0 N–H and O–H groups in total. The zero-order valence-electron chi connectivity index (χ0n) is 17.4. The molecule has 0 spiro atoms. The van der Waals surface area contributed by atoms with E-state index < -0.39 is 0 Å². The third-order valence-electron chi connectivity index (χ3n) is 5.82. The lowest BCUT2D eigenvalue weighted by molar-refractivity contribution is 0.162. The molecule has 1 fully saturated rings. The van der Waals surface area contributed by atoms with E-state index in [1.54, 1.807) is 29.4 Å². The van der Waals surface area contributed by atoms with Gasteiger partial charge < -0.3 is 0 Å². The van der Waals surface area contributed by atoms with E-state index in [9.17, 15) is 4.79 Å². The number of aryl methyl sites for hydroxylation is 1. The quantitative estimate of drug-likeness (QED) is 0.491. The monoisotopic (exact) mass is 416 g/mol. The maximum atomic E-state index is 12.6. The molecule has 4 aromatic rings. The van der Waals surface area contributed by atoms with Crippen molar-refractivity contribution in [1.29, 1.82) is 0 Å². The summed E-state index contributed by atoms with van der Waals surface area (Å²) in [5.41, 5.74) is 3.21. The largest absolute Gasteiger partial charge is 0.299 e. The Morgan fingerprint density at radius 2 is 2.00 bits per heavy atom. The molecule has 5 heterocycles.